The van der Waals surface area contributed by atoms with E-state index in [1.165, 1.54) is 0 Å². The zero-order chi connectivity index (χ0) is 15.1. The van der Waals surface area contributed by atoms with Crippen LogP contribution in [0.5, 0.6) is 0 Å². The van der Waals surface area contributed by atoms with Crippen molar-refractivity contribution in [3.63, 3.8) is 0 Å². The van der Waals surface area contributed by atoms with Crippen LogP contribution in [-0.4, -0.2) is 16.6 Å². The summed E-state index contributed by atoms with van der Waals surface area (Å²) in [5.41, 5.74) is 0.349. The molecular weight excluding hydrogens is 260 g/mol. The molecule has 0 saturated heterocycles. The van der Waals surface area contributed by atoms with Gasteiger partial charge in [-0.05, 0) is 19.0 Å². The van der Waals surface area contributed by atoms with E-state index in [-0.39, 0.29) is 0 Å². The van der Waals surface area contributed by atoms with Crippen LogP contribution in [0.2, 0.25) is 0 Å². The van der Waals surface area contributed by atoms with Crippen LogP contribution in [0.25, 0.3) is 0 Å². The van der Waals surface area contributed by atoms with E-state index in [9.17, 15) is 5.26 Å². The van der Waals surface area contributed by atoms with E-state index in [1.54, 1.807) is 0 Å². The van der Waals surface area contributed by atoms with Gasteiger partial charge in [-0.15, -0.1) is 0 Å². The van der Waals surface area contributed by atoms with E-state index in [0.717, 1.165) is 30.8 Å². The average molecular weight is 282 g/mol. The zero-order valence-electron chi connectivity index (χ0n) is 12.7. The first-order valence-corrected chi connectivity index (χ1v) is 7.41. The fourth-order valence-electron chi connectivity index (χ4n) is 2.60. The predicted molar refractivity (Wildman–Crippen MR) is 83.6 cm³/mol. The predicted octanol–water partition coefficient (Wildman–Crippen LogP) is 2.86. The first-order valence-electron chi connectivity index (χ1n) is 7.41. The van der Waals surface area contributed by atoms with Crippen molar-refractivity contribution in [1.29, 1.82) is 5.26 Å². The topological polar surface area (TPSA) is 53.6 Å². The van der Waals surface area contributed by atoms with Gasteiger partial charge in [0.05, 0.1) is 6.07 Å². The molecule has 1 atom stereocenters. The van der Waals surface area contributed by atoms with Crippen molar-refractivity contribution in [2.24, 2.45) is 0 Å². The Kier molecular flexibility index (Phi) is 5.13. The summed E-state index contributed by atoms with van der Waals surface area (Å²) in [4.78, 5) is 4.39. The molecule has 0 fully saturated rings. The molecule has 1 unspecified atom stereocenters. The molecule has 0 amide bonds. The van der Waals surface area contributed by atoms with Crippen LogP contribution in [0.15, 0.2) is 42.7 Å². The third-order valence-corrected chi connectivity index (χ3v) is 3.89. The highest BCUT2D eigenvalue weighted by molar-refractivity contribution is 5.31. The molecule has 1 aromatic heterocycles. The molecule has 2 rings (SSSR count). The Morgan fingerprint density at radius 3 is 2.71 bits per heavy atom. The van der Waals surface area contributed by atoms with Crippen LogP contribution >= 0.6 is 0 Å². The van der Waals surface area contributed by atoms with Gasteiger partial charge in [0.15, 0.2) is 0 Å². The minimum Gasteiger partial charge on any atom is -0.335 e. The smallest absolute Gasteiger partial charge is 0.133 e. The summed E-state index contributed by atoms with van der Waals surface area (Å²) in [6.45, 7) is 2.93. The lowest BCUT2D eigenvalue weighted by atomic mass is 9.88. The number of hydrogen-bond acceptors (Lipinski definition) is 3. The van der Waals surface area contributed by atoms with Gasteiger partial charge >= 0.3 is 0 Å². The standard InChI is InChI=1S/C17H22N4/c1-3-7-16-20-11-13-21(16)12-10-17(14-18,19-2)15-8-5-4-6-9-15/h4-6,8-9,11,13,19H,3,7,10,12H2,1-2H3. The number of aryl methyl sites for hydroxylation is 2. The lowest BCUT2D eigenvalue weighted by molar-refractivity contribution is 0.398. The molecule has 0 radical (unpaired) electrons. The summed E-state index contributed by atoms with van der Waals surface area (Å²) in [6, 6.07) is 12.4. The number of aromatic nitrogens is 2. The molecule has 0 bridgehead atoms. The summed E-state index contributed by atoms with van der Waals surface area (Å²) in [5, 5.41) is 12.9. The maximum Gasteiger partial charge on any atom is 0.133 e. The summed E-state index contributed by atoms with van der Waals surface area (Å²) in [6.07, 6.45) is 6.58. The van der Waals surface area contributed by atoms with E-state index in [0.29, 0.717) is 6.42 Å². The van der Waals surface area contributed by atoms with E-state index in [1.807, 2.05) is 49.8 Å². The molecule has 0 aliphatic heterocycles. The van der Waals surface area contributed by atoms with Crippen molar-refractivity contribution in [3.8, 4) is 6.07 Å². The molecule has 4 nitrogen and oxygen atoms in total. The average Bonchev–Trinajstić information content (AvgIpc) is 2.98. The molecule has 1 aromatic carbocycles. The van der Waals surface area contributed by atoms with Crippen molar-refractivity contribution in [1.82, 2.24) is 14.9 Å². The number of imidazole rings is 1. The molecule has 0 aliphatic carbocycles. The molecule has 21 heavy (non-hydrogen) atoms. The SMILES string of the molecule is CCCc1nccn1CCC(C#N)(NC)c1ccccc1. The van der Waals surface area contributed by atoms with Gasteiger partial charge in [0.25, 0.3) is 0 Å². The summed E-state index contributed by atoms with van der Waals surface area (Å²) < 4.78 is 2.15. The van der Waals surface area contributed by atoms with Crippen molar-refractivity contribution in [3.05, 3.63) is 54.1 Å². The Bertz CT molecular complexity index is 597. The van der Waals surface area contributed by atoms with Crippen LogP contribution in [0.1, 0.15) is 31.2 Å². The monoisotopic (exact) mass is 282 g/mol. The van der Waals surface area contributed by atoms with Crippen molar-refractivity contribution < 1.29 is 0 Å². The molecule has 1 N–H and O–H groups in total. The Morgan fingerprint density at radius 2 is 2.10 bits per heavy atom. The summed E-state index contributed by atoms with van der Waals surface area (Å²) in [7, 11) is 1.84. The number of nitriles is 1. The second-order valence-electron chi connectivity index (χ2n) is 5.17. The summed E-state index contributed by atoms with van der Waals surface area (Å²) in [5.74, 6) is 1.09. The van der Waals surface area contributed by atoms with E-state index >= 15 is 0 Å². The van der Waals surface area contributed by atoms with E-state index < -0.39 is 5.54 Å². The molecular formula is C17H22N4. The Balaban J connectivity index is 2.18. The van der Waals surface area contributed by atoms with Crippen LogP contribution in [-0.2, 0) is 18.5 Å². The number of hydrogen-bond donors (Lipinski definition) is 1. The second-order valence-corrected chi connectivity index (χ2v) is 5.17. The van der Waals surface area contributed by atoms with Gasteiger partial charge < -0.3 is 4.57 Å². The van der Waals surface area contributed by atoms with Crippen LogP contribution in [0, 0.1) is 11.3 Å². The third-order valence-electron chi connectivity index (χ3n) is 3.89. The van der Waals surface area contributed by atoms with Gasteiger partial charge in [-0.25, -0.2) is 4.98 Å². The lowest BCUT2D eigenvalue weighted by Gasteiger charge is -2.27. The highest BCUT2D eigenvalue weighted by Gasteiger charge is 2.30. The molecule has 0 saturated carbocycles. The second kappa shape index (κ2) is 7.05. The Morgan fingerprint density at radius 1 is 1.33 bits per heavy atom. The molecule has 2 aromatic rings. The quantitative estimate of drug-likeness (QED) is 0.849. The summed E-state index contributed by atoms with van der Waals surface area (Å²) >= 11 is 0. The number of nitrogens with zero attached hydrogens (tertiary/aromatic N) is 3. The fraction of sp³-hybridized carbons (Fsp3) is 0.412. The largest absolute Gasteiger partial charge is 0.335 e. The normalized spacial score (nSPS) is 13.6. The zero-order valence-corrected chi connectivity index (χ0v) is 12.7. The van der Waals surface area contributed by atoms with Gasteiger partial charge in [0.2, 0.25) is 0 Å². The third kappa shape index (κ3) is 3.32. The maximum atomic E-state index is 9.69. The van der Waals surface area contributed by atoms with Crippen molar-refractivity contribution in [2.75, 3.05) is 7.05 Å². The molecule has 110 valence electrons. The van der Waals surface area contributed by atoms with Crippen molar-refractivity contribution >= 4 is 0 Å². The van der Waals surface area contributed by atoms with E-state index in [4.69, 9.17) is 0 Å². The van der Waals surface area contributed by atoms with Gasteiger partial charge in [0, 0.05) is 31.8 Å². The first kappa shape index (κ1) is 15.3. The fourth-order valence-corrected chi connectivity index (χ4v) is 2.60. The highest BCUT2D eigenvalue weighted by atomic mass is 15.1. The van der Waals surface area contributed by atoms with Gasteiger partial charge in [-0.2, -0.15) is 5.26 Å². The molecule has 0 aliphatic rings. The Labute approximate surface area is 126 Å². The maximum absolute atomic E-state index is 9.69. The van der Waals surface area contributed by atoms with Crippen LogP contribution < -0.4 is 5.32 Å². The lowest BCUT2D eigenvalue weighted by Crippen LogP contribution is -2.39. The van der Waals surface area contributed by atoms with Gasteiger partial charge in [0.1, 0.15) is 11.4 Å². The minimum absolute atomic E-state index is 0.658. The van der Waals surface area contributed by atoms with Crippen LogP contribution in [0.3, 0.4) is 0 Å². The van der Waals surface area contributed by atoms with E-state index in [2.05, 4.69) is 27.9 Å². The highest BCUT2D eigenvalue weighted by Crippen LogP contribution is 2.25. The Hall–Kier alpha value is -2.12. The first-order chi connectivity index (χ1) is 10.3. The number of benzene rings is 1. The van der Waals surface area contributed by atoms with Gasteiger partial charge in [-0.1, -0.05) is 37.3 Å². The van der Waals surface area contributed by atoms with Crippen molar-refractivity contribution in [2.45, 2.75) is 38.3 Å². The number of nitrogens with one attached hydrogen (secondary N) is 1. The molecule has 1 heterocycles. The molecule has 4 heteroatoms. The van der Waals surface area contributed by atoms with Crippen LogP contribution in [0.4, 0.5) is 0 Å². The molecule has 0 spiro atoms. The van der Waals surface area contributed by atoms with Gasteiger partial charge in [-0.3, -0.25) is 5.32 Å². The minimum atomic E-state index is -0.658. The number of rotatable bonds is 7.